The quantitative estimate of drug-likeness (QED) is 0.602. The second kappa shape index (κ2) is 5.80. The van der Waals surface area contributed by atoms with Gasteiger partial charge in [0.05, 0.1) is 5.60 Å². The maximum Gasteiger partial charge on any atom is 0.147 e. The van der Waals surface area contributed by atoms with Gasteiger partial charge in [0.2, 0.25) is 0 Å². The van der Waals surface area contributed by atoms with Crippen LogP contribution in [0.3, 0.4) is 0 Å². The van der Waals surface area contributed by atoms with Crippen molar-refractivity contribution >= 4 is 15.9 Å². The zero-order valence-electron chi connectivity index (χ0n) is 10.3. The summed E-state index contributed by atoms with van der Waals surface area (Å²) in [4.78, 5) is 0. The van der Waals surface area contributed by atoms with Crippen molar-refractivity contribution in [1.29, 1.82) is 0 Å². The predicted octanol–water partition coefficient (Wildman–Crippen LogP) is 4.00. The minimum absolute atomic E-state index is 0.323. The van der Waals surface area contributed by atoms with E-state index in [1.54, 1.807) is 0 Å². The first-order chi connectivity index (χ1) is 7.47. The maximum absolute atomic E-state index is 5.72. The van der Waals surface area contributed by atoms with Crippen LogP contribution in [0.2, 0.25) is 0 Å². The zero-order chi connectivity index (χ0) is 12.2. The van der Waals surface area contributed by atoms with Crippen molar-refractivity contribution in [3.63, 3.8) is 0 Å². The van der Waals surface area contributed by atoms with Gasteiger partial charge in [-0.2, -0.15) is 0 Å². The Morgan fingerprint density at radius 3 is 2.56 bits per heavy atom. The Hall–Kier alpha value is -0.380. The van der Waals surface area contributed by atoms with E-state index in [0.717, 1.165) is 10.0 Å². The topological polar surface area (TPSA) is 18.5 Å². The van der Waals surface area contributed by atoms with Crippen molar-refractivity contribution in [2.24, 2.45) is 0 Å². The van der Waals surface area contributed by atoms with E-state index in [-0.39, 0.29) is 5.60 Å². The Labute approximate surface area is 106 Å². The van der Waals surface area contributed by atoms with Gasteiger partial charge in [-0.15, -0.1) is 0 Å². The molecule has 1 aromatic rings. The highest BCUT2D eigenvalue weighted by molar-refractivity contribution is 9.10. The smallest absolute Gasteiger partial charge is 0.147 e. The summed E-state index contributed by atoms with van der Waals surface area (Å²) in [6.45, 7) is 9.11. The Morgan fingerprint density at radius 2 is 2.00 bits per heavy atom. The van der Waals surface area contributed by atoms with E-state index >= 15 is 0 Å². The molecule has 3 heteroatoms. The summed E-state index contributed by atoms with van der Waals surface area (Å²) < 4.78 is 12.0. The Balaban J connectivity index is 2.80. The SMILES string of the molecule is CCOCOC(C)(C)c1ccc(C)cc1Br. The molecule has 0 aliphatic rings. The van der Waals surface area contributed by atoms with Crippen LogP contribution >= 0.6 is 15.9 Å². The van der Waals surface area contributed by atoms with Gasteiger partial charge in [0.1, 0.15) is 6.79 Å². The molecule has 0 saturated heterocycles. The van der Waals surface area contributed by atoms with Crippen LogP contribution in [-0.2, 0) is 15.1 Å². The van der Waals surface area contributed by atoms with Crippen molar-refractivity contribution in [2.45, 2.75) is 33.3 Å². The van der Waals surface area contributed by atoms with Gasteiger partial charge in [-0.3, -0.25) is 0 Å². The van der Waals surface area contributed by atoms with Crippen LogP contribution in [0.15, 0.2) is 22.7 Å². The predicted molar refractivity (Wildman–Crippen MR) is 69.5 cm³/mol. The third-order valence-electron chi connectivity index (χ3n) is 2.48. The summed E-state index contributed by atoms with van der Waals surface area (Å²) in [7, 11) is 0. The molecule has 16 heavy (non-hydrogen) atoms. The molecule has 2 nitrogen and oxygen atoms in total. The van der Waals surface area contributed by atoms with Gasteiger partial charge in [-0.25, -0.2) is 0 Å². The summed E-state index contributed by atoms with van der Waals surface area (Å²) in [6, 6.07) is 6.28. The molecule has 0 aliphatic heterocycles. The molecule has 0 atom stereocenters. The van der Waals surface area contributed by atoms with Gasteiger partial charge in [-0.05, 0) is 44.9 Å². The highest BCUT2D eigenvalue weighted by Crippen LogP contribution is 2.31. The lowest BCUT2D eigenvalue weighted by Gasteiger charge is -2.27. The Bertz CT molecular complexity index is 348. The first-order valence-corrected chi connectivity index (χ1v) is 6.25. The molecule has 0 saturated carbocycles. The molecule has 0 bridgehead atoms. The number of halogens is 1. The molecule has 0 aliphatic carbocycles. The molecule has 0 fully saturated rings. The van der Waals surface area contributed by atoms with E-state index in [1.165, 1.54) is 5.56 Å². The molecule has 0 heterocycles. The van der Waals surface area contributed by atoms with Crippen molar-refractivity contribution < 1.29 is 9.47 Å². The lowest BCUT2D eigenvalue weighted by Crippen LogP contribution is -2.23. The molecule has 1 rings (SSSR count). The van der Waals surface area contributed by atoms with Gasteiger partial charge in [0, 0.05) is 11.1 Å². The number of ether oxygens (including phenoxy) is 2. The number of rotatable bonds is 5. The molecule has 90 valence electrons. The molecule has 1 aromatic carbocycles. The molecule has 0 N–H and O–H groups in total. The minimum Gasteiger partial charge on any atom is -0.356 e. The van der Waals surface area contributed by atoms with Gasteiger partial charge in [-0.1, -0.05) is 28.1 Å². The van der Waals surface area contributed by atoms with Crippen LogP contribution in [0.25, 0.3) is 0 Å². The second-order valence-electron chi connectivity index (χ2n) is 4.25. The maximum atomic E-state index is 5.72. The molecular weight excluding hydrogens is 268 g/mol. The van der Waals surface area contributed by atoms with E-state index in [9.17, 15) is 0 Å². The zero-order valence-corrected chi connectivity index (χ0v) is 11.9. The average Bonchev–Trinajstić information content (AvgIpc) is 2.17. The van der Waals surface area contributed by atoms with Crippen molar-refractivity contribution in [2.75, 3.05) is 13.4 Å². The third kappa shape index (κ3) is 3.58. The largest absolute Gasteiger partial charge is 0.356 e. The highest BCUT2D eigenvalue weighted by atomic mass is 79.9. The summed E-state index contributed by atoms with van der Waals surface area (Å²) >= 11 is 3.57. The van der Waals surface area contributed by atoms with Crippen LogP contribution in [0.5, 0.6) is 0 Å². The van der Waals surface area contributed by atoms with Gasteiger partial charge in [0.25, 0.3) is 0 Å². The van der Waals surface area contributed by atoms with Crippen LogP contribution < -0.4 is 0 Å². The van der Waals surface area contributed by atoms with Gasteiger partial charge >= 0.3 is 0 Å². The minimum atomic E-state index is -0.346. The first-order valence-electron chi connectivity index (χ1n) is 5.45. The molecule has 0 radical (unpaired) electrons. The lowest BCUT2D eigenvalue weighted by atomic mass is 9.97. The van der Waals surface area contributed by atoms with E-state index in [2.05, 4.69) is 41.1 Å². The molecule has 0 amide bonds. The van der Waals surface area contributed by atoms with Crippen LogP contribution in [-0.4, -0.2) is 13.4 Å². The molecule has 0 spiro atoms. The number of benzene rings is 1. The van der Waals surface area contributed by atoms with Crippen molar-refractivity contribution in [3.05, 3.63) is 33.8 Å². The summed E-state index contributed by atoms with van der Waals surface area (Å²) in [5.74, 6) is 0. The number of hydrogen-bond acceptors (Lipinski definition) is 2. The normalized spacial score (nSPS) is 11.8. The number of aryl methyl sites for hydroxylation is 1. The van der Waals surface area contributed by atoms with E-state index in [0.29, 0.717) is 13.4 Å². The number of hydrogen-bond donors (Lipinski definition) is 0. The summed E-state index contributed by atoms with van der Waals surface area (Å²) in [5, 5.41) is 0. The first kappa shape index (κ1) is 13.7. The lowest BCUT2D eigenvalue weighted by molar-refractivity contribution is -0.129. The third-order valence-corrected chi connectivity index (χ3v) is 3.14. The molecule has 0 aromatic heterocycles. The van der Waals surface area contributed by atoms with Gasteiger partial charge in [0.15, 0.2) is 0 Å². The van der Waals surface area contributed by atoms with Crippen LogP contribution in [0, 0.1) is 6.92 Å². The highest BCUT2D eigenvalue weighted by Gasteiger charge is 2.23. The van der Waals surface area contributed by atoms with Crippen molar-refractivity contribution in [1.82, 2.24) is 0 Å². The fourth-order valence-electron chi connectivity index (χ4n) is 1.46. The average molecular weight is 287 g/mol. The standard InChI is InChI=1S/C13H19BrO2/c1-5-15-9-16-13(3,4)11-7-6-10(2)8-12(11)14/h6-8H,5,9H2,1-4H3. The van der Waals surface area contributed by atoms with E-state index in [4.69, 9.17) is 9.47 Å². The fourth-order valence-corrected chi connectivity index (χ4v) is 2.43. The monoisotopic (exact) mass is 286 g/mol. The van der Waals surface area contributed by atoms with Crippen molar-refractivity contribution in [3.8, 4) is 0 Å². The van der Waals surface area contributed by atoms with Gasteiger partial charge < -0.3 is 9.47 Å². The van der Waals surface area contributed by atoms with E-state index in [1.807, 2.05) is 20.8 Å². The van der Waals surface area contributed by atoms with E-state index < -0.39 is 0 Å². The summed E-state index contributed by atoms with van der Waals surface area (Å²) in [5.41, 5.74) is 2.02. The Morgan fingerprint density at radius 1 is 1.31 bits per heavy atom. The summed E-state index contributed by atoms with van der Waals surface area (Å²) in [6.07, 6.45) is 0. The molecule has 0 unspecified atom stereocenters. The Kier molecular flexibility index (Phi) is 4.96. The molecular formula is C13H19BrO2. The fraction of sp³-hybridized carbons (Fsp3) is 0.538. The van der Waals surface area contributed by atoms with Crippen LogP contribution in [0.4, 0.5) is 0 Å². The van der Waals surface area contributed by atoms with Crippen LogP contribution in [0.1, 0.15) is 31.9 Å². The second-order valence-corrected chi connectivity index (χ2v) is 5.10.